The molecule has 1 aromatic heterocycles. The molecule has 0 radical (unpaired) electrons. The molecule has 0 saturated heterocycles. The molecule has 4 heteroatoms. The third-order valence-corrected chi connectivity index (χ3v) is 1.18. The van der Waals surface area contributed by atoms with Crippen LogP contribution in [0, 0.1) is 0 Å². The predicted molar refractivity (Wildman–Crippen MR) is 24.7 cm³/mol. The highest BCUT2D eigenvalue weighted by Crippen LogP contribution is 2.00. The van der Waals surface area contributed by atoms with E-state index in [1.807, 2.05) is 0 Å². The summed E-state index contributed by atoms with van der Waals surface area (Å²) >= 11 is 1.23. The zero-order chi connectivity index (χ0) is 5.11. The molecule has 0 N–H and O–H groups in total. The van der Waals surface area contributed by atoms with Crippen LogP contribution in [0.4, 0.5) is 4.39 Å². The number of rotatable bonds is 1. The van der Waals surface area contributed by atoms with Gasteiger partial charge >= 0.3 is 0 Å². The molecule has 7 heavy (non-hydrogen) atoms. The SMILES string of the molecule is FCc1nncs1. The number of halogens is 1. The summed E-state index contributed by atoms with van der Waals surface area (Å²) in [5, 5.41) is 7.29. The molecule has 0 aliphatic heterocycles. The van der Waals surface area contributed by atoms with E-state index in [0.717, 1.165) is 0 Å². The van der Waals surface area contributed by atoms with Crippen LogP contribution in [-0.2, 0) is 6.67 Å². The lowest BCUT2D eigenvalue weighted by molar-refractivity contribution is 0.481. The lowest BCUT2D eigenvalue weighted by atomic mass is 10.8. The Hall–Kier alpha value is -0.510. The standard InChI is InChI=1S/C3H3FN2S/c4-1-3-6-5-2-7-3/h2H,1H2. The molecular formula is C3H3FN2S. The van der Waals surface area contributed by atoms with Crippen LogP contribution < -0.4 is 0 Å². The van der Waals surface area contributed by atoms with Crippen molar-refractivity contribution in [2.45, 2.75) is 6.67 Å². The van der Waals surface area contributed by atoms with E-state index < -0.39 is 6.67 Å². The van der Waals surface area contributed by atoms with Crippen molar-refractivity contribution in [2.24, 2.45) is 0 Å². The Bertz CT molecular complexity index is 127. The number of hydrogen-bond donors (Lipinski definition) is 0. The lowest BCUT2D eigenvalue weighted by Crippen LogP contribution is -1.72. The highest BCUT2D eigenvalue weighted by Gasteiger charge is 1.89. The minimum absolute atomic E-state index is 0.444. The third-order valence-electron chi connectivity index (χ3n) is 0.519. The van der Waals surface area contributed by atoms with Gasteiger partial charge in [-0.2, -0.15) is 0 Å². The van der Waals surface area contributed by atoms with Crippen LogP contribution >= 0.6 is 11.3 Å². The molecule has 0 atom stereocenters. The first kappa shape index (κ1) is 4.64. The first-order valence-corrected chi connectivity index (χ1v) is 2.62. The normalized spacial score (nSPS) is 9.29. The molecule has 1 rings (SSSR count). The molecule has 0 bridgehead atoms. The second-order valence-corrected chi connectivity index (χ2v) is 1.88. The maximum Gasteiger partial charge on any atom is 0.148 e. The molecule has 0 aromatic carbocycles. The molecule has 1 aromatic rings. The Morgan fingerprint density at radius 3 is 3.00 bits per heavy atom. The van der Waals surface area contributed by atoms with Gasteiger partial charge in [0.2, 0.25) is 0 Å². The molecule has 0 saturated carbocycles. The van der Waals surface area contributed by atoms with Gasteiger partial charge in [-0.05, 0) is 0 Å². The highest BCUT2D eigenvalue weighted by molar-refractivity contribution is 7.09. The number of alkyl halides is 1. The largest absolute Gasteiger partial charge is 0.243 e. The monoisotopic (exact) mass is 118 g/mol. The first-order valence-electron chi connectivity index (χ1n) is 1.74. The zero-order valence-electron chi connectivity index (χ0n) is 3.47. The Kier molecular flexibility index (Phi) is 1.31. The summed E-state index contributed by atoms with van der Waals surface area (Å²) in [5.41, 5.74) is 1.51. The van der Waals surface area contributed by atoms with Gasteiger partial charge in [0.1, 0.15) is 17.2 Å². The summed E-state index contributed by atoms with van der Waals surface area (Å²) in [6.45, 7) is -0.495. The van der Waals surface area contributed by atoms with Crippen molar-refractivity contribution in [1.82, 2.24) is 10.2 Å². The summed E-state index contributed by atoms with van der Waals surface area (Å²) in [5.74, 6) is 0. The molecule has 0 fully saturated rings. The van der Waals surface area contributed by atoms with Gasteiger partial charge in [-0.3, -0.25) is 0 Å². The summed E-state index contributed by atoms with van der Waals surface area (Å²) < 4.78 is 11.5. The highest BCUT2D eigenvalue weighted by atomic mass is 32.1. The number of hydrogen-bond acceptors (Lipinski definition) is 3. The molecule has 1 heterocycles. The van der Waals surface area contributed by atoms with E-state index in [-0.39, 0.29) is 0 Å². The van der Waals surface area contributed by atoms with Gasteiger partial charge < -0.3 is 0 Å². The maximum atomic E-state index is 11.5. The number of nitrogens with zero attached hydrogens (tertiary/aromatic N) is 2. The van der Waals surface area contributed by atoms with Gasteiger partial charge in [0.25, 0.3) is 0 Å². The van der Waals surface area contributed by atoms with E-state index in [1.165, 1.54) is 16.8 Å². The Labute approximate surface area is 44.0 Å². The molecule has 0 unspecified atom stereocenters. The summed E-state index contributed by atoms with van der Waals surface area (Å²) in [6.07, 6.45) is 0. The van der Waals surface area contributed by atoms with Gasteiger partial charge in [0.15, 0.2) is 0 Å². The quantitative estimate of drug-likeness (QED) is 0.550. The minimum atomic E-state index is -0.495. The van der Waals surface area contributed by atoms with Crippen molar-refractivity contribution in [1.29, 1.82) is 0 Å². The van der Waals surface area contributed by atoms with Gasteiger partial charge in [-0.1, -0.05) is 0 Å². The fraction of sp³-hybridized carbons (Fsp3) is 0.333. The van der Waals surface area contributed by atoms with Crippen LogP contribution in [0.1, 0.15) is 5.01 Å². The van der Waals surface area contributed by atoms with Gasteiger partial charge in [-0.15, -0.1) is 21.5 Å². The minimum Gasteiger partial charge on any atom is -0.243 e. The van der Waals surface area contributed by atoms with E-state index in [4.69, 9.17) is 0 Å². The second kappa shape index (κ2) is 1.97. The zero-order valence-corrected chi connectivity index (χ0v) is 4.28. The molecule has 0 aliphatic carbocycles. The van der Waals surface area contributed by atoms with Gasteiger partial charge in [0, 0.05) is 0 Å². The molecular weight excluding hydrogens is 115 g/mol. The van der Waals surface area contributed by atoms with Gasteiger partial charge in [-0.25, -0.2) is 4.39 Å². The Balaban J connectivity index is 2.76. The lowest BCUT2D eigenvalue weighted by Gasteiger charge is -1.71. The first-order chi connectivity index (χ1) is 3.43. The topological polar surface area (TPSA) is 25.8 Å². The number of aromatic nitrogens is 2. The van der Waals surface area contributed by atoms with Crippen LogP contribution in [-0.4, -0.2) is 10.2 Å². The van der Waals surface area contributed by atoms with Crippen molar-refractivity contribution >= 4 is 11.3 Å². The van der Waals surface area contributed by atoms with Crippen LogP contribution in [0.25, 0.3) is 0 Å². The molecule has 0 aliphatic rings. The second-order valence-electron chi connectivity index (χ2n) is 0.966. The van der Waals surface area contributed by atoms with E-state index in [9.17, 15) is 4.39 Å². The van der Waals surface area contributed by atoms with Crippen LogP contribution in [0.2, 0.25) is 0 Å². The van der Waals surface area contributed by atoms with E-state index in [1.54, 1.807) is 0 Å². The summed E-state index contributed by atoms with van der Waals surface area (Å²) in [4.78, 5) is 0. The van der Waals surface area contributed by atoms with Crippen LogP contribution in [0.15, 0.2) is 5.51 Å². The average Bonchev–Trinajstić information content (AvgIpc) is 2.14. The Morgan fingerprint density at radius 2 is 2.71 bits per heavy atom. The fourth-order valence-corrected chi connectivity index (χ4v) is 0.627. The van der Waals surface area contributed by atoms with Gasteiger partial charge in [0.05, 0.1) is 0 Å². The van der Waals surface area contributed by atoms with Crippen LogP contribution in [0.5, 0.6) is 0 Å². The third kappa shape index (κ3) is 0.928. The average molecular weight is 118 g/mol. The van der Waals surface area contributed by atoms with Crippen molar-refractivity contribution in [2.75, 3.05) is 0 Å². The van der Waals surface area contributed by atoms with Crippen molar-refractivity contribution in [3.05, 3.63) is 10.5 Å². The molecule has 0 amide bonds. The summed E-state index contributed by atoms with van der Waals surface area (Å²) in [7, 11) is 0. The smallest absolute Gasteiger partial charge is 0.148 e. The molecule has 2 nitrogen and oxygen atoms in total. The van der Waals surface area contributed by atoms with E-state index in [0.29, 0.717) is 5.01 Å². The van der Waals surface area contributed by atoms with E-state index >= 15 is 0 Å². The van der Waals surface area contributed by atoms with Crippen molar-refractivity contribution in [3.8, 4) is 0 Å². The Morgan fingerprint density at radius 1 is 1.86 bits per heavy atom. The summed E-state index contributed by atoms with van der Waals surface area (Å²) in [6, 6.07) is 0. The predicted octanol–water partition coefficient (Wildman–Crippen LogP) is 1.01. The van der Waals surface area contributed by atoms with E-state index in [2.05, 4.69) is 10.2 Å². The molecule has 0 spiro atoms. The fourth-order valence-electron chi connectivity index (χ4n) is 0.254. The van der Waals surface area contributed by atoms with Crippen molar-refractivity contribution < 1.29 is 4.39 Å². The van der Waals surface area contributed by atoms with Crippen LogP contribution in [0.3, 0.4) is 0 Å². The van der Waals surface area contributed by atoms with Crippen molar-refractivity contribution in [3.63, 3.8) is 0 Å². The molecule has 38 valence electrons. The maximum absolute atomic E-state index is 11.5.